The zero-order valence-electron chi connectivity index (χ0n) is 19.3. The Morgan fingerprint density at radius 2 is 1.66 bits per heavy atom. The first-order valence-corrected chi connectivity index (χ1v) is 11.3. The molecular formula is C28H26FNO5. The van der Waals surface area contributed by atoms with Crippen molar-refractivity contribution in [2.24, 2.45) is 0 Å². The summed E-state index contributed by atoms with van der Waals surface area (Å²) >= 11 is 0. The van der Waals surface area contributed by atoms with Crippen molar-refractivity contribution >= 4 is 17.4 Å². The number of methoxy groups -OCH3 is 1. The lowest BCUT2D eigenvalue weighted by molar-refractivity contribution is -0.140. The molecule has 3 aromatic carbocycles. The molecule has 35 heavy (non-hydrogen) atoms. The summed E-state index contributed by atoms with van der Waals surface area (Å²) < 4.78 is 24.4. The summed E-state index contributed by atoms with van der Waals surface area (Å²) in [5.41, 5.74) is 1.90. The van der Waals surface area contributed by atoms with E-state index in [-0.39, 0.29) is 17.9 Å². The zero-order valence-corrected chi connectivity index (χ0v) is 19.3. The maximum Gasteiger partial charge on any atom is 0.295 e. The molecule has 0 bridgehead atoms. The van der Waals surface area contributed by atoms with Crippen LogP contribution in [0.15, 0.2) is 84.4 Å². The van der Waals surface area contributed by atoms with Crippen LogP contribution < -0.4 is 4.74 Å². The molecule has 1 saturated heterocycles. The van der Waals surface area contributed by atoms with Crippen molar-refractivity contribution in [3.63, 3.8) is 0 Å². The molecule has 0 radical (unpaired) electrons. The average molecular weight is 476 g/mol. The number of hydrogen-bond acceptors (Lipinski definition) is 5. The van der Waals surface area contributed by atoms with Gasteiger partial charge in [-0.05, 0) is 53.9 Å². The maximum absolute atomic E-state index is 13.6. The van der Waals surface area contributed by atoms with E-state index in [2.05, 4.69) is 0 Å². The van der Waals surface area contributed by atoms with Crippen LogP contribution >= 0.6 is 0 Å². The summed E-state index contributed by atoms with van der Waals surface area (Å²) in [6, 6.07) is 21.1. The lowest BCUT2D eigenvalue weighted by atomic mass is 9.95. The first-order chi connectivity index (χ1) is 17.0. The van der Waals surface area contributed by atoms with Crippen LogP contribution in [0.25, 0.3) is 5.76 Å². The summed E-state index contributed by atoms with van der Waals surface area (Å²) in [7, 11) is 1.55. The molecule has 6 nitrogen and oxygen atoms in total. The van der Waals surface area contributed by atoms with Crippen LogP contribution in [0.3, 0.4) is 0 Å². The number of likely N-dealkylation sites (tertiary alicyclic amines) is 1. The van der Waals surface area contributed by atoms with Gasteiger partial charge in [0.05, 0.1) is 11.6 Å². The number of aliphatic hydroxyl groups is 1. The second-order valence-corrected chi connectivity index (χ2v) is 8.19. The number of hydrogen-bond donors (Lipinski definition) is 1. The number of halogens is 1. The van der Waals surface area contributed by atoms with Crippen LogP contribution in [0.4, 0.5) is 4.39 Å². The molecular weight excluding hydrogens is 449 g/mol. The van der Waals surface area contributed by atoms with Gasteiger partial charge in [-0.3, -0.25) is 9.59 Å². The van der Waals surface area contributed by atoms with Gasteiger partial charge in [0.15, 0.2) is 0 Å². The van der Waals surface area contributed by atoms with E-state index in [0.717, 1.165) is 5.56 Å². The SMILES string of the molecule is COCCCN1C(=O)C(=O)/C(=C(/O)c2ccc(OCc3ccccc3)cc2)C1c1ccc(F)cc1. The van der Waals surface area contributed by atoms with E-state index in [1.807, 2.05) is 30.3 Å². The fourth-order valence-corrected chi connectivity index (χ4v) is 4.09. The van der Waals surface area contributed by atoms with Gasteiger partial charge in [-0.2, -0.15) is 0 Å². The molecule has 0 spiro atoms. The minimum Gasteiger partial charge on any atom is -0.507 e. The number of nitrogens with zero attached hydrogens (tertiary/aromatic N) is 1. The number of carbonyl (C=O) groups is 2. The summed E-state index contributed by atoms with van der Waals surface area (Å²) in [5.74, 6) is -1.61. The van der Waals surface area contributed by atoms with E-state index in [9.17, 15) is 19.1 Å². The molecule has 1 amide bonds. The number of ketones is 1. The summed E-state index contributed by atoms with van der Waals surface area (Å²) in [6.07, 6.45) is 0.509. The van der Waals surface area contributed by atoms with Crippen molar-refractivity contribution in [1.82, 2.24) is 4.90 Å². The van der Waals surface area contributed by atoms with E-state index in [0.29, 0.717) is 36.5 Å². The molecule has 1 fully saturated rings. The normalized spacial score (nSPS) is 17.1. The molecule has 1 aliphatic heterocycles. The zero-order chi connectivity index (χ0) is 24.8. The highest BCUT2D eigenvalue weighted by Gasteiger charge is 2.45. The topological polar surface area (TPSA) is 76.1 Å². The predicted octanol–water partition coefficient (Wildman–Crippen LogP) is 4.86. The Hall–Kier alpha value is -3.97. The summed E-state index contributed by atoms with van der Waals surface area (Å²) in [4.78, 5) is 27.3. The van der Waals surface area contributed by atoms with Crippen LogP contribution in [0, 0.1) is 5.82 Å². The Kier molecular flexibility index (Phi) is 7.57. The van der Waals surface area contributed by atoms with E-state index in [4.69, 9.17) is 9.47 Å². The second kappa shape index (κ2) is 11.0. The van der Waals surface area contributed by atoms with E-state index in [1.54, 1.807) is 31.4 Å². The van der Waals surface area contributed by atoms with Crippen molar-refractivity contribution in [1.29, 1.82) is 0 Å². The monoisotopic (exact) mass is 475 g/mol. The minimum atomic E-state index is -0.832. The highest BCUT2D eigenvalue weighted by atomic mass is 19.1. The molecule has 1 unspecified atom stereocenters. The summed E-state index contributed by atoms with van der Waals surface area (Å²) in [5, 5.41) is 11.1. The Morgan fingerprint density at radius 3 is 2.31 bits per heavy atom. The number of aliphatic hydroxyl groups excluding tert-OH is 1. The third kappa shape index (κ3) is 5.41. The maximum atomic E-state index is 13.6. The first-order valence-electron chi connectivity index (χ1n) is 11.3. The Labute approximate surface area is 203 Å². The standard InChI is InChI=1S/C28H26FNO5/c1-34-17-5-16-30-25(20-8-12-22(29)13-9-20)24(27(32)28(30)33)26(31)21-10-14-23(15-11-21)35-18-19-6-3-2-4-7-19/h2-4,6-15,25,31H,5,16-18H2,1H3/b26-24+. The van der Waals surface area contributed by atoms with Crippen molar-refractivity contribution in [3.05, 3.63) is 107 Å². The first kappa shape index (κ1) is 24.2. The predicted molar refractivity (Wildman–Crippen MR) is 129 cm³/mol. The van der Waals surface area contributed by atoms with Crippen LogP contribution in [0.2, 0.25) is 0 Å². The van der Waals surface area contributed by atoms with Crippen LogP contribution in [0.5, 0.6) is 5.75 Å². The molecule has 1 heterocycles. The molecule has 0 aliphatic carbocycles. The van der Waals surface area contributed by atoms with Crippen LogP contribution in [-0.4, -0.2) is 42.0 Å². The Balaban J connectivity index is 1.63. The van der Waals surface area contributed by atoms with Crippen molar-refractivity contribution in [2.75, 3.05) is 20.3 Å². The number of rotatable bonds is 9. The smallest absolute Gasteiger partial charge is 0.295 e. The van der Waals surface area contributed by atoms with Gasteiger partial charge < -0.3 is 19.5 Å². The van der Waals surface area contributed by atoms with Crippen molar-refractivity contribution < 1.29 is 28.6 Å². The fraction of sp³-hybridized carbons (Fsp3) is 0.214. The Morgan fingerprint density at radius 1 is 0.971 bits per heavy atom. The van der Waals surface area contributed by atoms with Gasteiger partial charge in [-0.15, -0.1) is 0 Å². The van der Waals surface area contributed by atoms with Gasteiger partial charge in [0.2, 0.25) is 0 Å². The fourth-order valence-electron chi connectivity index (χ4n) is 4.09. The lowest BCUT2D eigenvalue weighted by Crippen LogP contribution is -2.31. The molecule has 1 aliphatic rings. The number of carbonyl (C=O) groups excluding carboxylic acids is 2. The third-order valence-corrected chi connectivity index (χ3v) is 5.85. The summed E-state index contributed by atoms with van der Waals surface area (Å²) in [6.45, 7) is 1.05. The van der Waals surface area contributed by atoms with Gasteiger partial charge in [0.25, 0.3) is 11.7 Å². The Bertz CT molecular complexity index is 1210. The van der Waals surface area contributed by atoms with Gasteiger partial charge in [-0.25, -0.2) is 4.39 Å². The van der Waals surface area contributed by atoms with E-state index in [1.165, 1.54) is 29.2 Å². The van der Waals surface area contributed by atoms with E-state index >= 15 is 0 Å². The quantitative estimate of drug-likeness (QED) is 0.207. The van der Waals surface area contributed by atoms with Gasteiger partial charge in [-0.1, -0.05) is 42.5 Å². The van der Waals surface area contributed by atoms with Crippen LogP contribution in [-0.2, 0) is 20.9 Å². The molecule has 7 heteroatoms. The van der Waals surface area contributed by atoms with Crippen molar-refractivity contribution in [2.45, 2.75) is 19.1 Å². The van der Waals surface area contributed by atoms with Gasteiger partial charge in [0.1, 0.15) is 23.9 Å². The van der Waals surface area contributed by atoms with Crippen LogP contribution in [0.1, 0.15) is 29.2 Å². The molecule has 0 aromatic heterocycles. The second-order valence-electron chi connectivity index (χ2n) is 8.19. The molecule has 1 N–H and O–H groups in total. The molecule has 3 aromatic rings. The van der Waals surface area contributed by atoms with E-state index < -0.39 is 23.5 Å². The number of ether oxygens (including phenoxy) is 2. The highest BCUT2D eigenvalue weighted by Crippen LogP contribution is 2.39. The number of Topliss-reactive ketones (excluding diaryl/α,β-unsaturated/α-hetero) is 1. The largest absolute Gasteiger partial charge is 0.507 e. The number of amides is 1. The lowest BCUT2D eigenvalue weighted by Gasteiger charge is -2.25. The van der Waals surface area contributed by atoms with Crippen molar-refractivity contribution in [3.8, 4) is 5.75 Å². The molecule has 0 saturated carbocycles. The number of benzene rings is 3. The third-order valence-electron chi connectivity index (χ3n) is 5.85. The molecule has 1 atom stereocenters. The van der Waals surface area contributed by atoms with Gasteiger partial charge in [0, 0.05) is 25.8 Å². The molecule has 180 valence electrons. The highest BCUT2D eigenvalue weighted by molar-refractivity contribution is 6.46. The average Bonchev–Trinajstić information content (AvgIpc) is 3.13. The minimum absolute atomic E-state index is 0.0306. The van der Waals surface area contributed by atoms with Gasteiger partial charge >= 0.3 is 0 Å². The molecule has 4 rings (SSSR count).